The number of methoxy groups -OCH3 is 3. The van der Waals surface area contributed by atoms with Crippen LogP contribution in [0, 0.1) is 0 Å². The number of aromatic nitrogens is 2. The Hall–Kier alpha value is -3.56. The third kappa shape index (κ3) is 6.23. The van der Waals surface area contributed by atoms with Gasteiger partial charge >= 0.3 is 17.9 Å². The number of carbonyl (C=O) groups is 2. The van der Waals surface area contributed by atoms with E-state index in [0.717, 1.165) is 0 Å². The average molecular weight is 420 g/mol. The fourth-order valence-electron chi connectivity index (χ4n) is 2.18. The van der Waals surface area contributed by atoms with Crippen LogP contribution < -0.4 is 18.9 Å². The van der Waals surface area contributed by atoms with E-state index in [9.17, 15) is 9.59 Å². The quantitative estimate of drug-likeness (QED) is 0.590. The summed E-state index contributed by atoms with van der Waals surface area (Å²) in [5, 5.41) is 0. The lowest BCUT2D eigenvalue weighted by Gasteiger charge is -2.21. The van der Waals surface area contributed by atoms with Gasteiger partial charge in [-0.25, -0.2) is 9.59 Å². The lowest BCUT2D eigenvalue weighted by Crippen LogP contribution is -2.25. The maximum absolute atomic E-state index is 12.9. The summed E-state index contributed by atoms with van der Waals surface area (Å²) in [6, 6.07) is 5.94. The van der Waals surface area contributed by atoms with Crippen molar-refractivity contribution in [2.75, 3.05) is 27.9 Å². The number of nitrogens with zero attached hydrogens (tertiary/aromatic N) is 2. The Morgan fingerprint density at radius 2 is 1.57 bits per heavy atom. The molecule has 1 aromatic heterocycles. The molecule has 2 aromatic rings. The number of hydrogen-bond acceptors (Lipinski definition) is 10. The van der Waals surface area contributed by atoms with Gasteiger partial charge in [-0.3, -0.25) is 0 Å². The van der Waals surface area contributed by atoms with Crippen LogP contribution in [0.1, 0.15) is 31.1 Å². The van der Waals surface area contributed by atoms with E-state index in [-0.39, 0.29) is 34.8 Å². The van der Waals surface area contributed by atoms with E-state index in [0.29, 0.717) is 0 Å². The van der Waals surface area contributed by atoms with E-state index in [1.807, 2.05) is 0 Å². The summed E-state index contributed by atoms with van der Waals surface area (Å²) in [4.78, 5) is 32.5. The molecule has 0 fully saturated rings. The van der Waals surface area contributed by atoms with Crippen LogP contribution in [-0.2, 0) is 14.3 Å². The Balaban J connectivity index is 2.47. The van der Waals surface area contributed by atoms with E-state index < -0.39 is 24.1 Å². The largest absolute Gasteiger partial charge is 0.481 e. The molecule has 0 atom stereocenters. The molecule has 0 aliphatic heterocycles. The molecule has 2 rings (SSSR count). The molecule has 0 spiro atoms. The fourth-order valence-corrected chi connectivity index (χ4v) is 2.18. The monoisotopic (exact) mass is 420 g/mol. The fraction of sp³-hybridized carbons (Fsp3) is 0.400. The molecule has 0 unspecified atom stereocenters. The summed E-state index contributed by atoms with van der Waals surface area (Å²) in [5.74, 6) is -0.795. The van der Waals surface area contributed by atoms with Gasteiger partial charge < -0.3 is 28.4 Å². The molecule has 1 aromatic carbocycles. The van der Waals surface area contributed by atoms with Gasteiger partial charge in [0.15, 0.2) is 6.61 Å². The number of rotatable bonds is 8. The predicted molar refractivity (Wildman–Crippen MR) is 104 cm³/mol. The minimum atomic E-state index is -0.778. The number of carbonyl (C=O) groups excluding carboxylic acids is 2. The topological polar surface area (TPSA) is 115 Å². The molecule has 0 amide bonds. The maximum atomic E-state index is 12.9. The highest BCUT2D eigenvalue weighted by Gasteiger charge is 2.26. The highest BCUT2D eigenvalue weighted by molar-refractivity contribution is 5.96. The molecule has 162 valence electrons. The van der Waals surface area contributed by atoms with Crippen molar-refractivity contribution >= 4 is 11.9 Å². The van der Waals surface area contributed by atoms with Crippen LogP contribution in [0.15, 0.2) is 24.3 Å². The Kier molecular flexibility index (Phi) is 7.40. The van der Waals surface area contributed by atoms with Crippen LogP contribution in [0.4, 0.5) is 0 Å². The molecular formula is C20H24N2O8. The van der Waals surface area contributed by atoms with Gasteiger partial charge in [0.1, 0.15) is 22.7 Å². The van der Waals surface area contributed by atoms with E-state index in [1.165, 1.54) is 39.5 Å². The second-order valence-electron chi connectivity index (χ2n) is 6.83. The summed E-state index contributed by atoms with van der Waals surface area (Å²) in [7, 11) is 4.09. The van der Waals surface area contributed by atoms with E-state index in [2.05, 4.69) is 14.7 Å². The summed E-state index contributed by atoms with van der Waals surface area (Å²) in [6.45, 7) is 4.76. The van der Waals surface area contributed by atoms with E-state index in [4.69, 9.17) is 23.7 Å². The number of benzene rings is 1. The minimum Gasteiger partial charge on any atom is -0.481 e. The highest BCUT2D eigenvalue weighted by Crippen LogP contribution is 2.34. The van der Waals surface area contributed by atoms with Crippen LogP contribution in [-0.4, -0.2) is 55.4 Å². The van der Waals surface area contributed by atoms with Gasteiger partial charge in [0, 0.05) is 0 Å². The van der Waals surface area contributed by atoms with Crippen molar-refractivity contribution in [1.82, 2.24) is 9.97 Å². The summed E-state index contributed by atoms with van der Waals surface area (Å²) in [6.07, 6.45) is 0. The van der Waals surface area contributed by atoms with Gasteiger partial charge in [0.2, 0.25) is 11.8 Å². The molecule has 1 heterocycles. The van der Waals surface area contributed by atoms with Crippen LogP contribution in [0.25, 0.3) is 0 Å². The Labute approximate surface area is 174 Å². The zero-order valence-electron chi connectivity index (χ0n) is 17.7. The van der Waals surface area contributed by atoms with E-state index in [1.54, 1.807) is 26.8 Å². The standard InChI is InChI=1S/C20H24N2O8/c1-20(2,3)30-18(24)17-12(28-11-16(23)27-6)8-7-9-13(17)29-19-21-14(25-4)10-15(22-19)26-5/h7-10H,11H2,1-6H3. The van der Waals surface area contributed by atoms with Crippen molar-refractivity contribution in [3.05, 3.63) is 29.8 Å². The maximum Gasteiger partial charge on any atom is 0.346 e. The predicted octanol–water partition coefficient (Wildman–Crippen LogP) is 2.79. The third-order valence-corrected chi connectivity index (χ3v) is 3.44. The number of esters is 2. The first-order valence-electron chi connectivity index (χ1n) is 8.87. The smallest absolute Gasteiger partial charge is 0.346 e. The molecule has 0 aliphatic rings. The van der Waals surface area contributed by atoms with Crippen molar-refractivity contribution in [1.29, 1.82) is 0 Å². The minimum absolute atomic E-state index is 0.0401. The summed E-state index contributed by atoms with van der Waals surface area (Å²) < 4.78 is 31.4. The third-order valence-electron chi connectivity index (χ3n) is 3.44. The van der Waals surface area contributed by atoms with Gasteiger partial charge in [-0.2, -0.15) is 9.97 Å². The SMILES string of the molecule is COC(=O)COc1cccc(Oc2nc(OC)cc(OC)n2)c1C(=O)OC(C)(C)C. The zero-order valence-corrected chi connectivity index (χ0v) is 17.7. The average Bonchev–Trinajstić information content (AvgIpc) is 2.70. The van der Waals surface area contributed by atoms with Crippen LogP contribution in [0.3, 0.4) is 0 Å². The second-order valence-corrected chi connectivity index (χ2v) is 6.83. The first kappa shape index (κ1) is 22.7. The number of ether oxygens (including phenoxy) is 6. The highest BCUT2D eigenvalue weighted by atomic mass is 16.6. The normalized spacial score (nSPS) is 10.7. The molecule has 0 radical (unpaired) electrons. The van der Waals surface area contributed by atoms with Gasteiger partial charge in [-0.05, 0) is 32.9 Å². The molecule has 0 bridgehead atoms. The first-order valence-corrected chi connectivity index (χ1v) is 8.87. The van der Waals surface area contributed by atoms with Crippen molar-refractivity contribution in [3.8, 4) is 29.3 Å². The van der Waals surface area contributed by atoms with Gasteiger partial charge in [0.05, 0.1) is 27.4 Å². The summed E-state index contributed by atoms with van der Waals surface area (Å²) in [5.41, 5.74) is -0.818. The van der Waals surface area contributed by atoms with Crippen molar-refractivity contribution in [2.45, 2.75) is 26.4 Å². The van der Waals surface area contributed by atoms with Gasteiger partial charge in [0.25, 0.3) is 0 Å². The number of hydrogen-bond donors (Lipinski definition) is 0. The second kappa shape index (κ2) is 9.77. The molecule has 30 heavy (non-hydrogen) atoms. The molecule has 0 saturated heterocycles. The van der Waals surface area contributed by atoms with Crippen LogP contribution in [0.5, 0.6) is 29.3 Å². The molecular weight excluding hydrogens is 396 g/mol. The molecule has 10 heteroatoms. The Morgan fingerprint density at radius 1 is 0.967 bits per heavy atom. The van der Waals surface area contributed by atoms with Crippen molar-refractivity contribution in [3.63, 3.8) is 0 Å². The molecule has 0 saturated carbocycles. The summed E-state index contributed by atoms with van der Waals surface area (Å²) >= 11 is 0. The van der Waals surface area contributed by atoms with Crippen LogP contribution in [0.2, 0.25) is 0 Å². The lowest BCUT2D eigenvalue weighted by atomic mass is 10.1. The van der Waals surface area contributed by atoms with Gasteiger partial charge in [-0.1, -0.05) is 6.07 Å². The Morgan fingerprint density at radius 3 is 2.10 bits per heavy atom. The lowest BCUT2D eigenvalue weighted by molar-refractivity contribution is -0.142. The Bertz CT molecular complexity index is 886. The van der Waals surface area contributed by atoms with Gasteiger partial charge in [-0.15, -0.1) is 0 Å². The van der Waals surface area contributed by atoms with Crippen LogP contribution >= 0.6 is 0 Å². The molecule has 0 N–H and O–H groups in total. The first-order chi connectivity index (χ1) is 14.2. The zero-order chi connectivity index (χ0) is 22.3. The molecule has 10 nitrogen and oxygen atoms in total. The van der Waals surface area contributed by atoms with E-state index >= 15 is 0 Å². The van der Waals surface area contributed by atoms with Crippen molar-refractivity contribution in [2.24, 2.45) is 0 Å². The van der Waals surface area contributed by atoms with Crippen molar-refractivity contribution < 1.29 is 38.0 Å². The molecule has 0 aliphatic carbocycles.